The van der Waals surface area contributed by atoms with Crippen molar-refractivity contribution in [2.75, 3.05) is 6.54 Å². The van der Waals surface area contributed by atoms with Crippen LogP contribution >= 0.6 is 0 Å². The molecule has 2 N–H and O–H groups in total. The Morgan fingerprint density at radius 1 is 1.50 bits per heavy atom. The van der Waals surface area contributed by atoms with Gasteiger partial charge in [-0.2, -0.15) is 0 Å². The van der Waals surface area contributed by atoms with Crippen LogP contribution in [0, 0.1) is 24.2 Å². The summed E-state index contributed by atoms with van der Waals surface area (Å²) >= 11 is 0. The third-order valence-electron chi connectivity index (χ3n) is 2.61. The molecule has 0 aliphatic heterocycles. The van der Waals surface area contributed by atoms with Crippen LogP contribution in [-0.2, 0) is 0 Å². The molecule has 0 radical (unpaired) electrons. The minimum Gasteiger partial charge on any atom is -0.330 e. The lowest BCUT2D eigenvalue weighted by Crippen LogP contribution is -2.07. The van der Waals surface area contributed by atoms with Gasteiger partial charge in [0.05, 0.1) is 0 Å². The fourth-order valence-electron chi connectivity index (χ4n) is 1.48. The maximum absolute atomic E-state index is 5.54. The molecule has 0 aromatic rings. The zero-order valence-corrected chi connectivity index (χ0v) is 9.72. The summed E-state index contributed by atoms with van der Waals surface area (Å²) in [7, 11) is 0. The predicted molar refractivity (Wildman–Crippen MR) is 63.8 cm³/mol. The Labute approximate surface area is 88.8 Å². The van der Waals surface area contributed by atoms with Gasteiger partial charge in [0.1, 0.15) is 0 Å². The molecular formula is C13H23N. The predicted octanol–water partition coefficient (Wildman–Crippen LogP) is 2.97. The van der Waals surface area contributed by atoms with Gasteiger partial charge in [-0.15, -0.1) is 6.42 Å². The number of allylic oxidation sites excluding steroid dienone is 2. The van der Waals surface area contributed by atoms with Gasteiger partial charge in [0.2, 0.25) is 0 Å². The van der Waals surface area contributed by atoms with Crippen molar-refractivity contribution in [1.29, 1.82) is 0 Å². The molecule has 0 aromatic heterocycles. The summed E-state index contributed by atoms with van der Waals surface area (Å²) in [6.07, 6.45) is 11.0. The van der Waals surface area contributed by atoms with E-state index < -0.39 is 0 Å². The molecule has 1 unspecified atom stereocenters. The Kier molecular flexibility index (Phi) is 7.24. The maximum atomic E-state index is 5.54. The molecule has 0 fully saturated rings. The second-order valence-corrected chi connectivity index (χ2v) is 4.05. The number of terminal acetylenes is 1. The van der Waals surface area contributed by atoms with Crippen LogP contribution in [0.3, 0.4) is 0 Å². The average Bonchev–Trinajstić information content (AvgIpc) is 2.16. The molecule has 1 heteroatoms. The van der Waals surface area contributed by atoms with Crippen molar-refractivity contribution in [3.05, 3.63) is 11.6 Å². The van der Waals surface area contributed by atoms with Crippen LogP contribution in [0.25, 0.3) is 0 Å². The molecule has 0 aromatic carbocycles. The molecule has 0 rings (SSSR count). The molecule has 0 bridgehead atoms. The Morgan fingerprint density at radius 2 is 2.14 bits per heavy atom. The van der Waals surface area contributed by atoms with Crippen LogP contribution in [-0.4, -0.2) is 6.54 Å². The van der Waals surface area contributed by atoms with Gasteiger partial charge in [-0.25, -0.2) is 0 Å². The van der Waals surface area contributed by atoms with Crippen LogP contribution in [0.2, 0.25) is 0 Å². The lowest BCUT2D eigenvalue weighted by Gasteiger charge is -2.12. The molecule has 14 heavy (non-hydrogen) atoms. The second kappa shape index (κ2) is 7.64. The quantitative estimate of drug-likeness (QED) is 0.645. The maximum Gasteiger partial charge on any atom is 0.000330 e. The molecular weight excluding hydrogens is 170 g/mol. The number of rotatable bonds is 6. The fraction of sp³-hybridized carbons (Fsp3) is 0.692. The van der Waals surface area contributed by atoms with Crippen molar-refractivity contribution in [3.8, 4) is 12.3 Å². The van der Waals surface area contributed by atoms with Gasteiger partial charge in [0.25, 0.3) is 0 Å². The van der Waals surface area contributed by atoms with Crippen molar-refractivity contribution < 1.29 is 0 Å². The summed E-state index contributed by atoms with van der Waals surface area (Å²) < 4.78 is 0. The van der Waals surface area contributed by atoms with Crippen molar-refractivity contribution >= 4 is 0 Å². The summed E-state index contributed by atoms with van der Waals surface area (Å²) in [5, 5.41) is 0. The van der Waals surface area contributed by atoms with Crippen LogP contribution in [0.4, 0.5) is 0 Å². The molecule has 0 spiro atoms. The lowest BCUT2D eigenvalue weighted by atomic mass is 9.94. The van der Waals surface area contributed by atoms with E-state index in [1.54, 1.807) is 0 Å². The normalized spacial score (nSPS) is 14.1. The first kappa shape index (κ1) is 13.3. The Morgan fingerprint density at radius 3 is 2.50 bits per heavy atom. The first-order valence-electron chi connectivity index (χ1n) is 5.52. The van der Waals surface area contributed by atoms with Gasteiger partial charge in [-0.1, -0.05) is 39.2 Å². The SMILES string of the molecule is C#C/C(=C/CC(CC)CCN)C(C)C. The molecule has 0 aliphatic carbocycles. The zero-order chi connectivity index (χ0) is 11.0. The molecule has 0 aliphatic rings. The van der Waals surface area contributed by atoms with E-state index in [4.69, 9.17) is 12.2 Å². The molecule has 0 amide bonds. The van der Waals surface area contributed by atoms with E-state index in [1.807, 2.05) is 0 Å². The Hall–Kier alpha value is -0.740. The minimum absolute atomic E-state index is 0.468. The van der Waals surface area contributed by atoms with E-state index >= 15 is 0 Å². The van der Waals surface area contributed by atoms with E-state index in [0.717, 1.165) is 25.0 Å². The summed E-state index contributed by atoms with van der Waals surface area (Å²) in [5.41, 5.74) is 6.67. The number of hydrogen-bond donors (Lipinski definition) is 1. The summed E-state index contributed by atoms with van der Waals surface area (Å²) in [4.78, 5) is 0. The van der Waals surface area contributed by atoms with Crippen molar-refractivity contribution in [2.24, 2.45) is 17.6 Å². The lowest BCUT2D eigenvalue weighted by molar-refractivity contribution is 0.481. The Bertz CT molecular complexity index is 208. The highest BCUT2D eigenvalue weighted by molar-refractivity contribution is 5.26. The summed E-state index contributed by atoms with van der Waals surface area (Å²) in [5.74, 6) is 3.92. The van der Waals surface area contributed by atoms with E-state index in [9.17, 15) is 0 Å². The molecule has 0 heterocycles. The van der Waals surface area contributed by atoms with Gasteiger partial charge < -0.3 is 5.73 Å². The monoisotopic (exact) mass is 193 g/mol. The summed E-state index contributed by atoms with van der Waals surface area (Å²) in [6.45, 7) is 7.25. The highest BCUT2D eigenvalue weighted by atomic mass is 14.5. The fourth-order valence-corrected chi connectivity index (χ4v) is 1.48. The number of nitrogens with two attached hydrogens (primary N) is 1. The smallest absolute Gasteiger partial charge is 0.000330 e. The highest BCUT2D eigenvalue weighted by Gasteiger charge is 2.05. The van der Waals surface area contributed by atoms with Crippen molar-refractivity contribution in [3.63, 3.8) is 0 Å². The van der Waals surface area contributed by atoms with Crippen LogP contribution in [0.5, 0.6) is 0 Å². The zero-order valence-electron chi connectivity index (χ0n) is 9.72. The third-order valence-corrected chi connectivity index (χ3v) is 2.61. The van der Waals surface area contributed by atoms with Crippen molar-refractivity contribution in [2.45, 2.75) is 40.0 Å². The van der Waals surface area contributed by atoms with Gasteiger partial charge in [0.15, 0.2) is 0 Å². The Balaban J connectivity index is 4.16. The molecule has 80 valence electrons. The van der Waals surface area contributed by atoms with E-state index in [1.165, 1.54) is 6.42 Å². The van der Waals surface area contributed by atoms with E-state index in [-0.39, 0.29) is 0 Å². The minimum atomic E-state index is 0.468. The molecule has 0 saturated carbocycles. The van der Waals surface area contributed by atoms with Crippen LogP contribution in [0.1, 0.15) is 40.0 Å². The van der Waals surface area contributed by atoms with E-state index in [0.29, 0.717) is 11.8 Å². The standard InChI is InChI=1S/C13H23N/c1-5-12(9-10-14)7-8-13(6-2)11(3)4/h2,8,11-12H,5,7,9-10,14H2,1,3-4H3/b13-8-. The van der Waals surface area contributed by atoms with Crippen LogP contribution in [0.15, 0.2) is 11.6 Å². The van der Waals surface area contributed by atoms with Gasteiger partial charge in [-0.05, 0) is 31.2 Å². The largest absolute Gasteiger partial charge is 0.330 e. The topological polar surface area (TPSA) is 26.0 Å². The molecule has 1 nitrogen and oxygen atoms in total. The van der Waals surface area contributed by atoms with Gasteiger partial charge >= 0.3 is 0 Å². The molecule has 0 saturated heterocycles. The van der Waals surface area contributed by atoms with Crippen LogP contribution < -0.4 is 5.73 Å². The first-order valence-corrected chi connectivity index (χ1v) is 5.52. The second-order valence-electron chi connectivity index (χ2n) is 4.05. The van der Waals surface area contributed by atoms with Gasteiger partial charge in [0, 0.05) is 5.57 Å². The summed E-state index contributed by atoms with van der Waals surface area (Å²) in [6, 6.07) is 0. The third kappa shape index (κ3) is 5.09. The molecule has 1 atom stereocenters. The van der Waals surface area contributed by atoms with Gasteiger partial charge in [-0.3, -0.25) is 0 Å². The number of hydrogen-bond acceptors (Lipinski definition) is 1. The first-order chi connectivity index (χ1) is 6.65. The average molecular weight is 193 g/mol. The van der Waals surface area contributed by atoms with E-state index in [2.05, 4.69) is 32.8 Å². The highest BCUT2D eigenvalue weighted by Crippen LogP contribution is 2.16. The van der Waals surface area contributed by atoms with Crippen molar-refractivity contribution in [1.82, 2.24) is 0 Å².